The number of nitrogens with zero attached hydrogens (tertiary/aromatic N) is 2. The van der Waals surface area contributed by atoms with Gasteiger partial charge in [0.15, 0.2) is 0 Å². The van der Waals surface area contributed by atoms with Crippen molar-refractivity contribution in [1.82, 2.24) is 9.21 Å². The van der Waals surface area contributed by atoms with E-state index in [2.05, 4.69) is 0 Å². The summed E-state index contributed by atoms with van der Waals surface area (Å²) in [7, 11) is -3.53. The van der Waals surface area contributed by atoms with Gasteiger partial charge in [-0.15, -0.1) is 0 Å². The van der Waals surface area contributed by atoms with Crippen LogP contribution in [0.3, 0.4) is 0 Å². The highest BCUT2D eigenvalue weighted by atomic mass is 35.5. The van der Waals surface area contributed by atoms with Crippen molar-refractivity contribution >= 4 is 27.5 Å². The number of piperidine rings is 1. The van der Waals surface area contributed by atoms with Crippen LogP contribution in [0.4, 0.5) is 0 Å². The van der Waals surface area contributed by atoms with Gasteiger partial charge >= 0.3 is 0 Å². The van der Waals surface area contributed by atoms with Gasteiger partial charge in [0.25, 0.3) is 0 Å². The lowest BCUT2D eigenvalue weighted by atomic mass is 9.96. The van der Waals surface area contributed by atoms with Crippen molar-refractivity contribution in [2.75, 3.05) is 32.8 Å². The fraction of sp³-hybridized carbons (Fsp3) is 0.588. The number of hydrogen-bond donors (Lipinski definition) is 0. The molecular weight excluding hydrogens is 364 g/mol. The predicted octanol–water partition coefficient (Wildman–Crippen LogP) is 1.99. The smallest absolute Gasteiger partial charge is 0.243 e. The number of amides is 1. The highest BCUT2D eigenvalue weighted by molar-refractivity contribution is 7.89. The van der Waals surface area contributed by atoms with E-state index in [1.54, 1.807) is 12.1 Å². The lowest BCUT2D eigenvalue weighted by Crippen LogP contribution is -2.49. The number of halogens is 1. The van der Waals surface area contributed by atoms with Gasteiger partial charge in [0.1, 0.15) is 0 Å². The minimum Gasteiger partial charge on any atom is -0.375 e. The molecule has 2 saturated heterocycles. The Morgan fingerprint density at radius 2 is 1.80 bits per heavy atom. The standard InChI is InChI=1S/C17H23ClN2O4S/c1-13-12-19(10-11-24-13)17(21)14-6-8-20(9-7-14)25(22,23)16-4-2-15(18)3-5-16/h2-5,13-14H,6-12H2,1H3/t13-/m0/s1. The molecule has 0 aromatic heterocycles. The molecule has 2 aliphatic rings. The average molecular weight is 387 g/mol. The Morgan fingerprint density at radius 1 is 1.16 bits per heavy atom. The third kappa shape index (κ3) is 4.16. The zero-order valence-electron chi connectivity index (χ0n) is 14.2. The van der Waals surface area contributed by atoms with Gasteiger partial charge in [-0.2, -0.15) is 4.31 Å². The average Bonchev–Trinajstić information content (AvgIpc) is 2.61. The predicted molar refractivity (Wildman–Crippen MR) is 94.9 cm³/mol. The fourth-order valence-corrected chi connectivity index (χ4v) is 4.97. The third-order valence-corrected chi connectivity index (χ3v) is 6.97. The molecule has 6 nitrogen and oxygen atoms in total. The second-order valence-corrected chi connectivity index (χ2v) is 8.97. The molecule has 1 atom stereocenters. The number of ether oxygens (including phenoxy) is 1. The molecule has 0 spiro atoms. The van der Waals surface area contributed by atoms with E-state index in [0.29, 0.717) is 50.7 Å². The number of rotatable bonds is 3. The minimum absolute atomic E-state index is 0.0584. The molecule has 25 heavy (non-hydrogen) atoms. The second-order valence-electron chi connectivity index (χ2n) is 6.60. The number of carbonyl (C=O) groups excluding carboxylic acids is 1. The summed E-state index contributed by atoms with van der Waals surface area (Å²) in [6.45, 7) is 4.48. The molecule has 1 aromatic rings. The monoisotopic (exact) mass is 386 g/mol. The first-order valence-electron chi connectivity index (χ1n) is 8.54. The summed E-state index contributed by atoms with van der Waals surface area (Å²) in [6, 6.07) is 6.18. The van der Waals surface area contributed by atoms with Crippen molar-refractivity contribution in [3.05, 3.63) is 29.3 Å². The van der Waals surface area contributed by atoms with Crippen molar-refractivity contribution in [2.24, 2.45) is 5.92 Å². The van der Waals surface area contributed by atoms with Crippen LogP contribution < -0.4 is 0 Å². The topological polar surface area (TPSA) is 66.9 Å². The molecule has 0 saturated carbocycles. The maximum atomic E-state index is 12.7. The molecule has 1 amide bonds. The van der Waals surface area contributed by atoms with E-state index in [1.807, 2.05) is 11.8 Å². The summed E-state index contributed by atoms with van der Waals surface area (Å²) in [5.74, 6) is 0.0145. The Balaban J connectivity index is 1.61. The van der Waals surface area contributed by atoms with Gasteiger partial charge in [0, 0.05) is 37.1 Å². The molecule has 0 unspecified atom stereocenters. The van der Waals surface area contributed by atoms with Crippen molar-refractivity contribution in [3.8, 4) is 0 Å². The van der Waals surface area contributed by atoms with Crippen LogP contribution >= 0.6 is 11.6 Å². The number of sulfonamides is 1. The van der Waals surface area contributed by atoms with Gasteiger partial charge in [-0.25, -0.2) is 8.42 Å². The quantitative estimate of drug-likeness (QED) is 0.796. The largest absolute Gasteiger partial charge is 0.375 e. The van der Waals surface area contributed by atoms with Gasteiger partial charge < -0.3 is 9.64 Å². The number of carbonyl (C=O) groups is 1. The van der Waals surface area contributed by atoms with Crippen LogP contribution in [0.2, 0.25) is 5.02 Å². The maximum Gasteiger partial charge on any atom is 0.243 e. The van der Waals surface area contributed by atoms with E-state index in [9.17, 15) is 13.2 Å². The molecule has 3 rings (SSSR count). The minimum atomic E-state index is -3.53. The Hall–Kier alpha value is -1.15. The van der Waals surface area contributed by atoms with E-state index in [-0.39, 0.29) is 22.8 Å². The van der Waals surface area contributed by atoms with Gasteiger partial charge in [-0.05, 0) is 44.0 Å². The Morgan fingerprint density at radius 3 is 2.40 bits per heavy atom. The fourth-order valence-electron chi connectivity index (χ4n) is 3.38. The van der Waals surface area contributed by atoms with Crippen LogP contribution in [0.15, 0.2) is 29.2 Å². The Bertz CT molecular complexity index is 715. The highest BCUT2D eigenvalue weighted by Gasteiger charge is 2.34. The van der Waals surface area contributed by atoms with E-state index in [1.165, 1.54) is 16.4 Å². The zero-order valence-corrected chi connectivity index (χ0v) is 15.8. The van der Waals surface area contributed by atoms with Crippen molar-refractivity contribution in [1.29, 1.82) is 0 Å². The summed E-state index contributed by atoms with van der Waals surface area (Å²) < 4.78 is 32.3. The summed E-state index contributed by atoms with van der Waals surface area (Å²) in [4.78, 5) is 14.7. The molecule has 2 heterocycles. The lowest BCUT2D eigenvalue weighted by molar-refractivity contribution is -0.143. The summed E-state index contributed by atoms with van der Waals surface area (Å²) in [5.41, 5.74) is 0. The first-order chi connectivity index (χ1) is 11.9. The molecule has 0 N–H and O–H groups in total. The maximum absolute atomic E-state index is 12.7. The van der Waals surface area contributed by atoms with Gasteiger partial charge in [-0.1, -0.05) is 11.6 Å². The van der Waals surface area contributed by atoms with Crippen molar-refractivity contribution in [3.63, 3.8) is 0 Å². The molecule has 2 aliphatic heterocycles. The summed E-state index contributed by atoms with van der Waals surface area (Å²) >= 11 is 5.83. The normalized spacial score (nSPS) is 23.6. The zero-order chi connectivity index (χ0) is 18.0. The van der Waals surface area contributed by atoms with Crippen LogP contribution in [-0.2, 0) is 19.6 Å². The van der Waals surface area contributed by atoms with Crippen LogP contribution in [0, 0.1) is 5.92 Å². The molecule has 0 aliphatic carbocycles. The second kappa shape index (κ2) is 7.61. The lowest BCUT2D eigenvalue weighted by Gasteiger charge is -2.36. The summed E-state index contributed by atoms with van der Waals surface area (Å²) in [6.07, 6.45) is 1.16. The SMILES string of the molecule is C[C@H]1CN(C(=O)C2CCN(S(=O)(=O)c3ccc(Cl)cc3)CC2)CCO1. The van der Waals surface area contributed by atoms with Crippen LogP contribution in [0.5, 0.6) is 0 Å². The molecule has 0 bridgehead atoms. The van der Waals surface area contributed by atoms with Gasteiger partial charge in [0.05, 0.1) is 17.6 Å². The van der Waals surface area contributed by atoms with E-state index in [0.717, 1.165) is 0 Å². The van der Waals surface area contributed by atoms with Crippen molar-refractivity contribution in [2.45, 2.75) is 30.8 Å². The van der Waals surface area contributed by atoms with Crippen molar-refractivity contribution < 1.29 is 17.9 Å². The number of hydrogen-bond acceptors (Lipinski definition) is 4. The first kappa shape index (κ1) is 18.6. The van der Waals surface area contributed by atoms with E-state index in [4.69, 9.17) is 16.3 Å². The van der Waals surface area contributed by atoms with Crippen LogP contribution in [0.25, 0.3) is 0 Å². The molecule has 8 heteroatoms. The molecule has 138 valence electrons. The number of benzene rings is 1. The third-order valence-electron chi connectivity index (χ3n) is 4.81. The Labute approximate surface area is 153 Å². The van der Waals surface area contributed by atoms with Crippen LogP contribution in [-0.4, -0.2) is 62.4 Å². The molecule has 2 fully saturated rings. The molecule has 1 aromatic carbocycles. The van der Waals surface area contributed by atoms with Crippen LogP contribution in [0.1, 0.15) is 19.8 Å². The highest BCUT2D eigenvalue weighted by Crippen LogP contribution is 2.26. The first-order valence-corrected chi connectivity index (χ1v) is 10.4. The Kier molecular flexibility index (Phi) is 5.68. The van der Waals surface area contributed by atoms with E-state index >= 15 is 0 Å². The van der Waals surface area contributed by atoms with Gasteiger partial charge in [-0.3, -0.25) is 4.79 Å². The summed E-state index contributed by atoms with van der Waals surface area (Å²) in [5, 5.41) is 0.503. The van der Waals surface area contributed by atoms with E-state index < -0.39 is 10.0 Å². The van der Waals surface area contributed by atoms with Gasteiger partial charge in [0.2, 0.25) is 15.9 Å². The molecule has 0 radical (unpaired) electrons. The molecular formula is C17H23ClN2O4S. The number of morpholine rings is 1.